The number of hydrogen-bond donors (Lipinski definition) is 1. The first kappa shape index (κ1) is 23.7. The van der Waals surface area contributed by atoms with Crippen LogP contribution in [0.25, 0.3) is 11.0 Å². The normalized spacial score (nSPS) is 13.8. The number of benzene rings is 2. The van der Waals surface area contributed by atoms with Gasteiger partial charge in [-0.15, -0.1) is 0 Å². The van der Waals surface area contributed by atoms with Crippen molar-refractivity contribution in [3.05, 3.63) is 77.3 Å². The number of ether oxygens (including phenoxy) is 2. The minimum atomic E-state index is -1.25. The van der Waals surface area contributed by atoms with Crippen LogP contribution in [-0.4, -0.2) is 28.9 Å². The maximum absolute atomic E-state index is 13.6. The monoisotopic (exact) mass is 550 g/mol. The van der Waals surface area contributed by atoms with Gasteiger partial charge in [0.15, 0.2) is 11.5 Å². The zero-order valence-electron chi connectivity index (χ0n) is 19.1. The number of hydrogen-bond acceptors (Lipinski definition) is 6. The molecule has 36 heavy (non-hydrogen) atoms. The van der Waals surface area contributed by atoms with Crippen LogP contribution in [0.4, 0.5) is 15.8 Å². The third-order valence-corrected chi connectivity index (χ3v) is 6.63. The molecular weight excluding hydrogens is 531 g/mol. The Bertz CT molecular complexity index is 1470. The smallest absolute Gasteiger partial charge is 0.247 e. The molecule has 10 heteroatoms. The van der Waals surface area contributed by atoms with E-state index in [9.17, 15) is 14.0 Å². The number of fused-ring (bicyclic) bond motifs is 1. The molecule has 1 aliphatic rings. The van der Waals surface area contributed by atoms with Crippen LogP contribution in [-0.2, 0) is 9.59 Å². The topological polar surface area (TPSA) is 108 Å². The fourth-order valence-electron chi connectivity index (χ4n) is 3.90. The van der Waals surface area contributed by atoms with E-state index in [4.69, 9.17) is 15.2 Å². The fourth-order valence-corrected chi connectivity index (χ4v) is 4.35. The number of methoxy groups -OCH3 is 1. The number of nitrogens with zero attached hydrogens (tertiary/aromatic N) is 3. The van der Waals surface area contributed by atoms with E-state index < -0.39 is 23.0 Å². The highest BCUT2D eigenvalue weighted by Gasteiger charge is 2.57. The second-order valence-corrected chi connectivity index (χ2v) is 9.07. The van der Waals surface area contributed by atoms with E-state index in [0.717, 1.165) is 0 Å². The Balaban J connectivity index is 1.48. The zero-order valence-corrected chi connectivity index (χ0v) is 20.7. The van der Waals surface area contributed by atoms with Crippen LogP contribution in [0, 0.1) is 11.2 Å². The summed E-state index contributed by atoms with van der Waals surface area (Å²) in [5.74, 6) is -0.0339. The number of pyridine rings is 2. The number of carbonyl (C=O) groups is 2. The molecule has 0 spiro atoms. The molecule has 2 aromatic carbocycles. The molecule has 2 aromatic heterocycles. The van der Waals surface area contributed by atoms with Crippen LogP contribution in [0.2, 0.25) is 0 Å². The lowest BCUT2D eigenvalue weighted by molar-refractivity contribution is -0.133. The molecule has 182 valence electrons. The summed E-state index contributed by atoms with van der Waals surface area (Å²) in [6, 6.07) is 15.7. The third kappa shape index (κ3) is 4.24. The van der Waals surface area contributed by atoms with Gasteiger partial charge in [0.1, 0.15) is 27.1 Å². The highest BCUT2D eigenvalue weighted by atomic mass is 79.9. The van der Waals surface area contributed by atoms with Gasteiger partial charge in [-0.25, -0.2) is 9.37 Å². The third-order valence-electron chi connectivity index (χ3n) is 6.06. The molecule has 4 aromatic rings. The summed E-state index contributed by atoms with van der Waals surface area (Å²) in [5.41, 5.74) is 6.33. The second kappa shape index (κ2) is 9.19. The van der Waals surface area contributed by atoms with Crippen molar-refractivity contribution in [1.29, 1.82) is 0 Å². The number of nitrogens with two attached hydrogens (primary N) is 1. The molecule has 0 aliphatic heterocycles. The molecule has 1 aliphatic carbocycles. The average Bonchev–Trinajstić information content (AvgIpc) is 3.69. The van der Waals surface area contributed by atoms with Crippen molar-refractivity contribution in [1.82, 2.24) is 9.97 Å². The van der Waals surface area contributed by atoms with Gasteiger partial charge in [-0.1, -0.05) is 0 Å². The summed E-state index contributed by atoms with van der Waals surface area (Å²) in [4.78, 5) is 35.7. The van der Waals surface area contributed by atoms with Gasteiger partial charge >= 0.3 is 0 Å². The lowest BCUT2D eigenvalue weighted by Gasteiger charge is -2.26. The zero-order chi connectivity index (χ0) is 25.4. The van der Waals surface area contributed by atoms with Crippen LogP contribution < -0.4 is 20.1 Å². The lowest BCUT2D eigenvalue weighted by atomic mass is 10.0. The Morgan fingerprint density at radius 3 is 2.25 bits per heavy atom. The quantitative estimate of drug-likeness (QED) is 0.248. The molecule has 0 saturated heterocycles. The minimum absolute atomic E-state index is 0.377. The van der Waals surface area contributed by atoms with Crippen molar-refractivity contribution in [2.75, 3.05) is 12.0 Å². The number of carbonyl (C=O) groups excluding carboxylic acids is 2. The van der Waals surface area contributed by atoms with E-state index in [1.54, 1.807) is 49.7 Å². The van der Waals surface area contributed by atoms with Gasteiger partial charge in [-0.3, -0.25) is 19.5 Å². The van der Waals surface area contributed by atoms with E-state index in [0.29, 0.717) is 57.1 Å². The van der Waals surface area contributed by atoms with E-state index in [1.807, 2.05) is 0 Å². The Hall–Kier alpha value is -4.05. The first-order chi connectivity index (χ1) is 17.3. The number of halogens is 2. The Kier molecular flexibility index (Phi) is 6.05. The molecule has 1 fully saturated rings. The van der Waals surface area contributed by atoms with Gasteiger partial charge < -0.3 is 15.2 Å². The molecule has 2 N–H and O–H groups in total. The summed E-state index contributed by atoms with van der Waals surface area (Å²) in [6.45, 7) is 0. The maximum Gasteiger partial charge on any atom is 0.247 e. The summed E-state index contributed by atoms with van der Waals surface area (Å²) in [7, 11) is 1.55. The van der Waals surface area contributed by atoms with Gasteiger partial charge in [0, 0.05) is 29.7 Å². The molecule has 2 heterocycles. The SMILES string of the molecule is COc1cc2nccc(Oc3ccc(N(C(=O)C4(C(N)=O)CC4)c4ccc(F)cc4)cc3)c2nc1Br. The molecule has 0 atom stereocenters. The number of aromatic nitrogens is 2. The van der Waals surface area contributed by atoms with E-state index in [-0.39, 0.29) is 0 Å². The van der Waals surface area contributed by atoms with Crippen molar-refractivity contribution in [2.45, 2.75) is 12.8 Å². The fraction of sp³-hybridized carbons (Fsp3) is 0.154. The van der Waals surface area contributed by atoms with Crippen molar-refractivity contribution in [3.8, 4) is 17.2 Å². The molecule has 5 rings (SSSR count). The maximum atomic E-state index is 13.6. The van der Waals surface area contributed by atoms with Crippen LogP contribution in [0.5, 0.6) is 17.2 Å². The Morgan fingerprint density at radius 2 is 1.67 bits per heavy atom. The largest absolute Gasteiger partial charge is 0.494 e. The summed E-state index contributed by atoms with van der Waals surface area (Å²) in [5, 5.41) is 0. The van der Waals surface area contributed by atoms with Crippen molar-refractivity contribution >= 4 is 50.2 Å². The number of primary amides is 1. The van der Waals surface area contributed by atoms with Gasteiger partial charge in [-0.05, 0) is 77.3 Å². The highest BCUT2D eigenvalue weighted by molar-refractivity contribution is 9.10. The predicted molar refractivity (Wildman–Crippen MR) is 135 cm³/mol. The Labute approximate surface area is 214 Å². The number of rotatable bonds is 7. The van der Waals surface area contributed by atoms with Gasteiger partial charge in [-0.2, -0.15) is 0 Å². The molecule has 2 amide bonds. The first-order valence-electron chi connectivity index (χ1n) is 11.0. The molecule has 8 nitrogen and oxygen atoms in total. The van der Waals surface area contributed by atoms with Gasteiger partial charge in [0.2, 0.25) is 11.8 Å². The number of anilines is 2. The van der Waals surface area contributed by atoms with Gasteiger partial charge in [0.25, 0.3) is 0 Å². The van der Waals surface area contributed by atoms with Crippen LogP contribution >= 0.6 is 15.9 Å². The predicted octanol–water partition coefficient (Wildman–Crippen LogP) is 5.26. The minimum Gasteiger partial charge on any atom is -0.494 e. The highest BCUT2D eigenvalue weighted by Crippen LogP contribution is 2.49. The van der Waals surface area contributed by atoms with Crippen LogP contribution in [0.1, 0.15) is 12.8 Å². The molecule has 0 bridgehead atoms. The van der Waals surface area contributed by atoms with E-state index in [1.165, 1.54) is 29.2 Å². The lowest BCUT2D eigenvalue weighted by Crippen LogP contribution is -2.41. The standard InChI is InChI=1S/C26H20BrFN4O4/c1-35-21-14-19-22(31-23(21)27)20(10-13-30-19)36-18-8-6-17(7-9-18)32(16-4-2-15(28)3-5-16)25(34)26(11-12-26)24(29)33/h2-10,13-14H,11-12H2,1H3,(H2,29,33). The van der Waals surface area contributed by atoms with E-state index in [2.05, 4.69) is 25.9 Å². The van der Waals surface area contributed by atoms with E-state index >= 15 is 0 Å². The van der Waals surface area contributed by atoms with Crippen molar-refractivity contribution in [3.63, 3.8) is 0 Å². The number of amides is 2. The van der Waals surface area contributed by atoms with Crippen molar-refractivity contribution in [2.24, 2.45) is 11.1 Å². The van der Waals surface area contributed by atoms with Crippen LogP contribution in [0.3, 0.4) is 0 Å². The van der Waals surface area contributed by atoms with Gasteiger partial charge in [0.05, 0.1) is 12.6 Å². The van der Waals surface area contributed by atoms with Crippen LogP contribution in [0.15, 0.2) is 71.5 Å². The van der Waals surface area contributed by atoms with Crippen molar-refractivity contribution < 1.29 is 23.5 Å². The summed E-state index contributed by atoms with van der Waals surface area (Å²) >= 11 is 3.38. The first-order valence-corrected chi connectivity index (χ1v) is 11.8. The molecule has 0 unspecified atom stereocenters. The average molecular weight is 551 g/mol. The molecular formula is C26H20BrFN4O4. The molecule has 0 radical (unpaired) electrons. The Morgan fingerprint density at radius 1 is 1.03 bits per heavy atom. The second-order valence-electron chi connectivity index (χ2n) is 8.32. The summed E-state index contributed by atoms with van der Waals surface area (Å²) in [6.07, 6.45) is 2.36. The molecule has 1 saturated carbocycles. The summed E-state index contributed by atoms with van der Waals surface area (Å²) < 4.78 is 25.4.